The number of hydrogen-bond acceptors (Lipinski definition) is 2. The molecule has 0 aliphatic rings. The van der Waals surface area contributed by atoms with E-state index in [1.807, 2.05) is 6.08 Å². The fourth-order valence-electron chi connectivity index (χ4n) is 2.20. The molecule has 0 radical (unpaired) electrons. The summed E-state index contributed by atoms with van der Waals surface area (Å²) in [4.78, 5) is 21.8. The van der Waals surface area contributed by atoms with Crippen LogP contribution >= 0.6 is 31.9 Å². The predicted molar refractivity (Wildman–Crippen MR) is 107 cm³/mol. The second-order valence-electron chi connectivity index (χ2n) is 5.74. The molecule has 0 saturated heterocycles. The van der Waals surface area contributed by atoms with Gasteiger partial charge in [-0.1, -0.05) is 44.3 Å². The molecular weight excluding hydrogens is 438 g/mol. The van der Waals surface area contributed by atoms with Crippen LogP contribution in [0.1, 0.15) is 70.6 Å². The van der Waals surface area contributed by atoms with E-state index in [4.69, 9.17) is 5.11 Å². The number of aliphatic carboxylic acids is 1. The van der Waals surface area contributed by atoms with E-state index in [0.717, 1.165) is 22.7 Å². The van der Waals surface area contributed by atoms with Crippen molar-refractivity contribution in [1.29, 1.82) is 0 Å². The Bertz CT molecular complexity index is 405. The number of amides is 1. The largest absolute Gasteiger partial charge is 0.481 e. The molecule has 4 nitrogen and oxygen atoms in total. The molecule has 24 heavy (non-hydrogen) atoms. The third-order valence-electron chi connectivity index (χ3n) is 3.51. The Hall–Kier alpha value is -0.620. The van der Waals surface area contributed by atoms with Crippen LogP contribution in [0.15, 0.2) is 21.6 Å². The van der Waals surface area contributed by atoms with Gasteiger partial charge in [-0.3, -0.25) is 9.59 Å². The van der Waals surface area contributed by atoms with Crippen molar-refractivity contribution in [3.63, 3.8) is 0 Å². The quantitative estimate of drug-likeness (QED) is 0.241. The van der Waals surface area contributed by atoms with Gasteiger partial charge >= 0.3 is 5.97 Å². The normalized spacial score (nSPS) is 10.8. The molecule has 0 unspecified atom stereocenters. The summed E-state index contributed by atoms with van der Waals surface area (Å²) in [6.07, 6.45) is 16.9. The van der Waals surface area contributed by atoms with E-state index in [1.54, 1.807) is 6.08 Å². The number of carbonyl (C=O) groups excluding carboxylic acids is 1. The highest BCUT2D eigenvalue weighted by Gasteiger charge is 1.98. The van der Waals surface area contributed by atoms with E-state index in [2.05, 4.69) is 43.3 Å². The molecule has 0 aliphatic carbocycles. The molecule has 0 atom stereocenters. The summed E-state index contributed by atoms with van der Waals surface area (Å²) < 4.78 is 1.04. The Balaban J connectivity index is 3.32. The average molecular weight is 467 g/mol. The van der Waals surface area contributed by atoms with E-state index < -0.39 is 5.97 Å². The van der Waals surface area contributed by atoms with Gasteiger partial charge in [-0.2, -0.15) is 0 Å². The van der Waals surface area contributed by atoms with Gasteiger partial charge in [0.1, 0.15) is 0 Å². The van der Waals surface area contributed by atoms with Crippen LogP contribution in [0.2, 0.25) is 0 Å². The molecule has 0 heterocycles. The first-order valence-electron chi connectivity index (χ1n) is 8.69. The Morgan fingerprint density at radius 2 is 1.46 bits per heavy atom. The van der Waals surface area contributed by atoms with Gasteiger partial charge in [-0.15, -0.1) is 0 Å². The number of carboxylic acids is 1. The fourth-order valence-corrected chi connectivity index (χ4v) is 2.66. The maximum absolute atomic E-state index is 11.4. The highest BCUT2D eigenvalue weighted by Crippen LogP contribution is 2.16. The SMILES string of the molecule is O=C(O)CCCNC(=O)/C=C/CCCCCCCCCC=C(Br)Br. The summed E-state index contributed by atoms with van der Waals surface area (Å²) >= 11 is 6.71. The first-order valence-corrected chi connectivity index (χ1v) is 10.3. The van der Waals surface area contributed by atoms with Crippen molar-refractivity contribution in [2.45, 2.75) is 70.6 Å². The van der Waals surface area contributed by atoms with E-state index in [-0.39, 0.29) is 12.3 Å². The number of rotatable bonds is 15. The zero-order chi connectivity index (χ0) is 18.0. The Morgan fingerprint density at radius 1 is 0.875 bits per heavy atom. The molecule has 0 fully saturated rings. The second-order valence-corrected chi connectivity index (χ2v) is 8.51. The minimum absolute atomic E-state index is 0.0920. The summed E-state index contributed by atoms with van der Waals surface area (Å²) in [5.41, 5.74) is 0. The molecular formula is C18H29Br2NO3. The smallest absolute Gasteiger partial charge is 0.303 e. The van der Waals surface area contributed by atoms with E-state index in [1.165, 1.54) is 38.5 Å². The Kier molecular flexibility index (Phi) is 16.8. The lowest BCUT2D eigenvalue weighted by Crippen LogP contribution is -2.22. The fraction of sp³-hybridized carbons (Fsp3) is 0.667. The van der Waals surface area contributed by atoms with Crippen molar-refractivity contribution in [2.75, 3.05) is 6.54 Å². The summed E-state index contributed by atoms with van der Waals surface area (Å²) in [6.45, 7) is 0.415. The number of unbranched alkanes of at least 4 members (excludes halogenated alkanes) is 8. The van der Waals surface area contributed by atoms with E-state index in [0.29, 0.717) is 13.0 Å². The summed E-state index contributed by atoms with van der Waals surface area (Å²) in [6, 6.07) is 0. The van der Waals surface area contributed by atoms with Crippen LogP contribution < -0.4 is 5.32 Å². The number of allylic oxidation sites excluding steroid dienone is 2. The third-order valence-corrected chi connectivity index (χ3v) is 4.16. The highest BCUT2D eigenvalue weighted by atomic mass is 79.9. The molecule has 0 saturated carbocycles. The van der Waals surface area contributed by atoms with Crippen LogP contribution in [0.25, 0.3) is 0 Å². The average Bonchev–Trinajstić information content (AvgIpc) is 2.52. The van der Waals surface area contributed by atoms with Crippen molar-refractivity contribution in [2.24, 2.45) is 0 Å². The third kappa shape index (κ3) is 19.4. The highest BCUT2D eigenvalue weighted by molar-refractivity contribution is 9.28. The number of carboxylic acid groups (broad SMARTS) is 1. The van der Waals surface area contributed by atoms with Gasteiger partial charge in [0.05, 0.1) is 3.39 Å². The lowest BCUT2D eigenvalue weighted by atomic mass is 10.1. The molecule has 2 N–H and O–H groups in total. The minimum atomic E-state index is -0.830. The second kappa shape index (κ2) is 17.2. The first-order chi connectivity index (χ1) is 11.5. The van der Waals surface area contributed by atoms with Gasteiger partial charge in [-0.05, 0) is 70.0 Å². The summed E-state index contributed by atoms with van der Waals surface area (Å²) in [5.74, 6) is -0.965. The molecule has 0 aliphatic heterocycles. The van der Waals surface area contributed by atoms with Crippen molar-refractivity contribution in [3.8, 4) is 0 Å². The van der Waals surface area contributed by atoms with Crippen molar-refractivity contribution < 1.29 is 14.7 Å². The van der Waals surface area contributed by atoms with Crippen LogP contribution in [0, 0.1) is 0 Å². The van der Waals surface area contributed by atoms with Gasteiger partial charge in [0.25, 0.3) is 0 Å². The number of hydrogen-bond donors (Lipinski definition) is 2. The number of nitrogens with one attached hydrogen (secondary N) is 1. The van der Waals surface area contributed by atoms with Crippen LogP contribution in [0.3, 0.4) is 0 Å². The molecule has 6 heteroatoms. The lowest BCUT2D eigenvalue weighted by Gasteiger charge is -2.01. The summed E-state index contributed by atoms with van der Waals surface area (Å²) in [7, 11) is 0. The van der Waals surface area contributed by atoms with E-state index in [9.17, 15) is 9.59 Å². The zero-order valence-corrected chi connectivity index (χ0v) is 17.4. The minimum Gasteiger partial charge on any atom is -0.481 e. The summed E-state index contributed by atoms with van der Waals surface area (Å²) in [5, 5.41) is 11.2. The maximum Gasteiger partial charge on any atom is 0.303 e. The zero-order valence-electron chi connectivity index (χ0n) is 14.2. The van der Waals surface area contributed by atoms with Gasteiger partial charge in [0.2, 0.25) is 5.91 Å². The van der Waals surface area contributed by atoms with Crippen molar-refractivity contribution in [3.05, 3.63) is 21.6 Å². The Labute approximate surface area is 162 Å². The monoisotopic (exact) mass is 465 g/mol. The molecule has 1 amide bonds. The van der Waals surface area contributed by atoms with Gasteiger partial charge in [-0.25, -0.2) is 0 Å². The molecule has 0 spiro atoms. The van der Waals surface area contributed by atoms with Crippen molar-refractivity contribution in [1.82, 2.24) is 5.32 Å². The molecule has 0 bridgehead atoms. The predicted octanol–water partition coefficient (Wildman–Crippen LogP) is 5.67. The molecule has 0 aromatic heterocycles. The molecule has 138 valence electrons. The van der Waals surface area contributed by atoms with Crippen molar-refractivity contribution >= 4 is 43.7 Å². The molecule has 0 aromatic carbocycles. The van der Waals surface area contributed by atoms with Gasteiger partial charge in [0, 0.05) is 13.0 Å². The Morgan fingerprint density at radius 3 is 2.04 bits per heavy atom. The van der Waals surface area contributed by atoms with E-state index >= 15 is 0 Å². The first kappa shape index (κ1) is 23.4. The molecule has 0 rings (SSSR count). The topological polar surface area (TPSA) is 66.4 Å². The van der Waals surface area contributed by atoms with Crippen LogP contribution in [0.5, 0.6) is 0 Å². The van der Waals surface area contributed by atoms with Crippen LogP contribution in [0.4, 0.5) is 0 Å². The maximum atomic E-state index is 11.4. The van der Waals surface area contributed by atoms with Crippen LogP contribution in [-0.4, -0.2) is 23.5 Å². The standard InChI is InChI=1S/C18H29Br2NO3/c19-16(20)12-9-7-5-3-1-2-4-6-8-10-13-17(22)21-15-11-14-18(23)24/h10,12-13H,1-9,11,14-15H2,(H,21,22)(H,23,24)/b13-10+. The molecule has 0 aromatic rings. The number of carbonyl (C=O) groups is 2. The lowest BCUT2D eigenvalue weighted by molar-refractivity contribution is -0.137. The van der Waals surface area contributed by atoms with Gasteiger partial charge < -0.3 is 10.4 Å². The van der Waals surface area contributed by atoms with Crippen LogP contribution in [-0.2, 0) is 9.59 Å². The van der Waals surface area contributed by atoms with Gasteiger partial charge in [0.15, 0.2) is 0 Å². The number of halogens is 2.